The molecule has 1 N–H and O–H groups in total. The fourth-order valence-corrected chi connectivity index (χ4v) is 6.02. The second-order valence-corrected chi connectivity index (χ2v) is 11.5. The molecule has 4 rings (SSSR count). The summed E-state index contributed by atoms with van der Waals surface area (Å²) < 4.78 is 76.9. The van der Waals surface area contributed by atoms with E-state index >= 15 is 4.39 Å². The van der Waals surface area contributed by atoms with Crippen LogP contribution in [-0.2, 0) is 25.0 Å². The number of thiazole rings is 1. The fourth-order valence-electron chi connectivity index (χ4n) is 3.53. The minimum Gasteiger partial charge on any atom is -0.465 e. The molecule has 0 aliphatic heterocycles. The summed E-state index contributed by atoms with van der Waals surface area (Å²) in [5, 5.41) is 0.173. The zero-order valence-corrected chi connectivity index (χ0v) is 23.0. The molecule has 0 radical (unpaired) electrons. The highest BCUT2D eigenvalue weighted by Gasteiger charge is 2.37. The Labute approximate surface area is 230 Å². The third kappa shape index (κ3) is 5.60. The van der Waals surface area contributed by atoms with E-state index in [4.69, 9.17) is 16.3 Å². The van der Waals surface area contributed by atoms with Gasteiger partial charge in [-0.1, -0.05) is 12.1 Å². The van der Waals surface area contributed by atoms with Crippen LogP contribution in [0.3, 0.4) is 0 Å². The molecule has 2 aromatic heterocycles. The van der Waals surface area contributed by atoms with Crippen molar-refractivity contribution >= 4 is 44.6 Å². The first-order valence-electron chi connectivity index (χ1n) is 11.3. The van der Waals surface area contributed by atoms with Crippen molar-refractivity contribution < 1.29 is 31.1 Å². The molecule has 4 aromatic rings. The van der Waals surface area contributed by atoms with E-state index in [1.165, 1.54) is 24.4 Å². The zero-order valence-electron chi connectivity index (χ0n) is 20.6. The average Bonchev–Trinajstić information content (AvgIpc) is 3.31. The number of nitrogens with one attached hydrogen (secondary N) is 1. The first kappa shape index (κ1) is 28.5. The molecule has 0 saturated carbocycles. The molecule has 0 bridgehead atoms. The van der Waals surface area contributed by atoms with Crippen molar-refractivity contribution in [1.29, 1.82) is 0 Å². The van der Waals surface area contributed by atoms with Crippen LogP contribution in [0.1, 0.15) is 25.8 Å². The number of nitrogens with zero attached hydrogens (tertiary/aromatic N) is 3. The van der Waals surface area contributed by atoms with E-state index in [2.05, 4.69) is 15.0 Å². The van der Waals surface area contributed by atoms with Crippen molar-refractivity contribution in [2.24, 2.45) is 0 Å². The van der Waals surface area contributed by atoms with Gasteiger partial charge in [0.15, 0.2) is 10.7 Å². The van der Waals surface area contributed by atoms with Crippen LogP contribution in [-0.4, -0.2) is 35.9 Å². The quantitative estimate of drug-likeness (QED) is 0.197. The van der Waals surface area contributed by atoms with Crippen molar-refractivity contribution in [3.63, 3.8) is 0 Å². The number of aromatic nitrogens is 3. The maximum absolute atomic E-state index is 15.9. The van der Waals surface area contributed by atoms with Crippen molar-refractivity contribution in [3.8, 4) is 21.8 Å². The number of carbonyl (C=O) groups is 1. The van der Waals surface area contributed by atoms with Gasteiger partial charge in [0.1, 0.15) is 22.1 Å². The number of esters is 1. The van der Waals surface area contributed by atoms with Gasteiger partial charge in [-0.05, 0) is 62.7 Å². The van der Waals surface area contributed by atoms with Crippen molar-refractivity contribution in [2.75, 3.05) is 11.3 Å². The Balaban J connectivity index is 1.87. The van der Waals surface area contributed by atoms with Gasteiger partial charge in [0.25, 0.3) is 10.0 Å². The molecule has 0 fully saturated rings. The minimum atomic E-state index is -4.86. The second-order valence-electron chi connectivity index (χ2n) is 8.58. The van der Waals surface area contributed by atoms with Gasteiger partial charge in [-0.15, -0.1) is 11.3 Å². The lowest BCUT2D eigenvalue weighted by molar-refractivity contribution is -0.148. The summed E-state index contributed by atoms with van der Waals surface area (Å²) in [7, 11) is -4.86. The summed E-state index contributed by atoms with van der Waals surface area (Å²) in [5.74, 6) is -4.32. The number of halogens is 4. The average molecular weight is 597 g/mol. The van der Waals surface area contributed by atoms with E-state index in [0.29, 0.717) is 4.88 Å². The van der Waals surface area contributed by atoms with Crippen LogP contribution >= 0.6 is 22.9 Å². The number of benzene rings is 2. The number of rotatable bonds is 8. The first-order valence-corrected chi connectivity index (χ1v) is 14.0. The fraction of sp³-hybridized carbons (Fsp3) is 0.200. The van der Waals surface area contributed by atoms with Gasteiger partial charge in [-0.25, -0.2) is 36.5 Å². The number of sulfonamides is 1. The highest BCUT2D eigenvalue weighted by Crippen LogP contribution is 2.42. The van der Waals surface area contributed by atoms with Crippen molar-refractivity contribution in [3.05, 3.63) is 76.4 Å². The Morgan fingerprint density at radius 2 is 1.74 bits per heavy atom. The maximum atomic E-state index is 15.9. The van der Waals surface area contributed by atoms with Crippen molar-refractivity contribution in [2.45, 2.75) is 31.1 Å². The zero-order chi connectivity index (χ0) is 28.5. The van der Waals surface area contributed by atoms with E-state index in [9.17, 15) is 22.0 Å². The van der Waals surface area contributed by atoms with E-state index in [0.717, 1.165) is 35.6 Å². The Hall–Kier alpha value is -3.55. The van der Waals surface area contributed by atoms with Gasteiger partial charge in [-0.2, -0.15) is 0 Å². The van der Waals surface area contributed by atoms with Gasteiger partial charge in [-0.3, -0.25) is 9.52 Å². The molecular formula is C25H20ClF3N4O4S2. The third-order valence-electron chi connectivity index (χ3n) is 5.49. The van der Waals surface area contributed by atoms with Gasteiger partial charge in [0.05, 0.1) is 28.6 Å². The first-order chi connectivity index (χ1) is 18.4. The normalized spacial score (nSPS) is 11.9. The number of hydrogen-bond acceptors (Lipinski definition) is 8. The molecular weight excluding hydrogens is 577 g/mol. The molecule has 0 unspecified atom stereocenters. The topological polar surface area (TPSA) is 111 Å². The largest absolute Gasteiger partial charge is 0.465 e. The summed E-state index contributed by atoms with van der Waals surface area (Å²) in [4.78, 5) is 24.3. The van der Waals surface area contributed by atoms with E-state index in [-0.39, 0.29) is 33.8 Å². The minimum absolute atomic E-state index is 0.0257. The predicted octanol–water partition coefficient (Wildman–Crippen LogP) is 5.98. The van der Waals surface area contributed by atoms with Crippen LogP contribution in [0.5, 0.6) is 0 Å². The summed E-state index contributed by atoms with van der Waals surface area (Å²) in [5.41, 5.74) is -1.69. The molecule has 0 aliphatic rings. The van der Waals surface area contributed by atoms with Gasteiger partial charge >= 0.3 is 5.97 Å². The number of ether oxygens (including phenoxy) is 1. The molecule has 2 heterocycles. The lowest BCUT2D eigenvalue weighted by Crippen LogP contribution is -2.31. The molecule has 0 amide bonds. The third-order valence-corrected chi connectivity index (χ3v) is 8.49. The summed E-state index contributed by atoms with van der Waals surface area (Å²) >= 11 is 7.01. The van der Waals surface area contributed by atoms with Crippen LogP contribution in [0.15, 0.2) is 53.6 Å². The van der Waals surface area contributed by atoms with Crippen molar-refractivity contribution in [1.82, 2.24) is 15.0 Å². The molecule has 204 valence electrons. The van der Waals surface area contributed by atoms with E-state index in [1.54, 1.807) is 20.8 Å². The van der Waals surface area contributed by atoms with E-state index in [1.807, 2.05) is 4.72 Å². The standard InChI is InChI=1S/C25H20ClF3N4O4S2/c1-4-37-23(34)25(2,3)22-32-19(20(38-22)17-11-12-30-24(26)31-17)13-7-5-10-16(18(13)29)33-39(35,36)21-14(27)8-6-9-15(21)28/h5-12,33H,4H2,1-3H3. The molecule has 14 heteroatoms. The maximum Gasteiger partial charge on any atom is 0.318 e. The van der Waals surface area contributed by atoms with Gasteiger partial charge in [0.2, 0.25) is 5.28 Å². The number of hydrogen-bond donors (Lipinski definition) is 1. The Bertz CT molecular complexity index is 1660. The predicted molar refractivity (Wildman–Crippen MR) is 140 cm³/mol. The molecule has 8 nitrogen and oxygen atoms in total. The summed E-state index contributed by atoms with van der Waals surface area (Å²) in [6.45, 7) is 4.97. The van der Waals surface area contributed by atoms with Crippen LogP contribution in [0.4, 0.5) is 18.9 Å². The molecule has 2 aromatic carbocycles. The van der Waals surface area contributed by atoms with Gasteiger partial charge < -0.3 is 4.74 Å². The Morgan fingerprint density at radius 3 is 2.38 bits per heavy atom. The SMILES string of the molecule is CCOC(=O)C(C)(C)c1nc(-c2cccc(NS(=O)(=O)c3c(F)cccc3F)c2F)c(-c2ccnc(Cl)n2)s1. The smallest absolute Gasteiger partial charge is 0.318 e. The molecule has 0 spiro atoms. The second kappa shape index (κ2) is 10.9. The highest BCUT2D eigenvalue weighted by molar-refractivity contribution is 7.92. The summed E-state index contributed by atoms with van der Waals surface area (Å²) in [6, 6.07) is 7.81. The lowest BCUT2D eigenvalue weighted by Gasteiger charge is -2.19. The monoisotopic (exact) mass is 596 g/mol. The Kier molecular flexibility index (Phi) is 7.96. The van der Waals surface area contributed by atoms with Crippen LogP contribution in [0.2, 0.25) is 5.28 Å². The number of carbonyl (C=O) groups excluding carboxylic acids is 1. The Morgan fingerprint density at radius 1 is 1.08 bits per heavy atom. The molecule has 0 atom stereocenters. The molecule has 39 heavy (non-hydrogen) atoms. The van der Waals surface area contributed by atoms with Crippen LogP contribution < -0.4 is 4.72 Å². The van der Waals surface area contributed by atoms with E-state index < -0.39 is 49.4 Å². The molecule has 0 aliphatic carbocycles. The highest BCUT2D eigenvalue weighted by atomic mass is 35.5. The molecule has 0 saturated heterocycles. The lowest BCUT2D eigenvalue weighted by atomic mass is 9.94. The van der Waals surface area contributed by atoms with Gasteiger partial charge in [0, 0.05) is 11.8 Å². The number of anilines is 1. The summed E-state index contributed by atoms with van der Waals surface area (Å²) in [6.07, 6.45) is 1.38. The van der Waals surface area contributed by atoms with Crippen LogP contribution in [0.25, 0.3) is 21.8 Å². The van der Waals surface area contributed by atoms with Crippen LogP contribution in [0, 0.1) is 17.5 Å².